The van der Waals surface area contributed by atoms with E-state index in [-0.39, 0.29) is 4.72 Å². The molecule has 0 saturated heterocycles. The van der Waals surface area contributed by atoms with Gasteiger partial charge in [-0.2, -0.15) is 61.5 Å². The Morgan fingerprint density at radius 2 is 0.800 bits per heavy atom. The maximum Gasteiger partial charge on any atom is 0.437 e. The second kappa shape index (κ2) is 6.86. The van der Waals surface area contributed by atoms with Crippen LogP contribution in [-0.2, 0) is 10.0 Å². The molecule has 0 aliphatic heterocycles. The maximum atomic E-state index is 13.9. The third kappa shape index (κ3) is 3.25. The maximum absolute atomic E-state index is 13.9. The minimum absolute atomic E-state index is 0.0640. The summed E-state index contributed by atoms with van der Waals surface area (Å²) >= 11 is 0. The van der Waals surface area contributed by atoms with E-state index in [1.807, 2.05) is 0 Å². The van der Waals surface area contributed by atoms with Crippen molar-refractivity contribution in [3.05, 3.63) is 0 Å². The molecule has 0 bridgehead atoms. The van der Waals surface area contributed by atoms with Crippen molar-refractivity contribution in [1.29, 1.82) is 0 Å². The van der Waals surface area contributed by atoms with Crippen LogP contribution in [0.2, 0.25) is 0 Å². The van der Waals surface area contributed by atoms with Gasteiger partial charge in [0.15, 0.2) is 0 Å². The molecule has 0 amide bonds. The molecular formula is C9H4F17NO2S. The number of rotatable bonds is 5. The molecule has 0 fully saturated rings. The number of sulfonamides is 1. The van der Waals surface area contributed by atoms with Gasteiger partial charge >= 0.3 is 47.0 Å². The fourth-order valence-corrected chi connectivity index (χ4v) is 3.15. The van der Waals surface area contributed by atoms with Gasteiger partial charge in [-0.1, -0.05) is 0 Å². The van der Waals surface area contributed by atoms with Gasteiger partial charge in [0.05, 0.1) is 0 Å². The van der Waals surface area contributed by atoms with Crippen LogP contribution >= 0.6 is 0 Å². The molecule has 0 aliphatic carbocycles. The van der Waals surface area contributed by atoms with Crippen molar-refractivity contribution in [2.45, 2.75) is 41.6 Å². The Morgan fingerprint density at radius 3 is 0.967 bits per heavy atom. The van der Waals surface area contributed by atoms with Crippen LogP contribution in [0.5, 0.6) is 0 Å². The smallest absolute Gasteiger partial charge is 0.216 e. The van der Waals surface area contributed by atoms with Gasteiger partial charge in [-0.15, -0.1) is 0 Å². The van der Waals surface area contributed by atoms with Gasteiger partial charge in [0.1, 0.15) is 0 Å². The van der Waals surface area contributed by atoms with Crippen LogP contribution < -0.4 is 4.72 Å². The topological polar surface area (TPSA) is 46.2 Å². The Morgan fingerprint density at radius 1 is 0.533 bits per heavy atom. The molecule has 0 heterocycles. The summed E-state index contributed by atoms with van der Waals surface area (Å²) in [7, 11) is -8.21. The average Bonchev–Trinajstić information content (AvgIpc) is 2.39. The van der Waals surface area contributed by atoms with E-state index in [1.165, 1.54) is 0 Å². The molecule has 0 rings (SSSR count). The summed E-state index contributed by atoms with van der Waals surface area (Å²) in [5.41, 5.74) is -18.0. The van der Waals surface area contributed by atoms with Crippen LogP contribution in [0.15, 0.2) is 0 Å². The highest BCUT2D eigenvalue weighted by atomic mass is 32.2. The summed E-state index contributed by atoms with van der Waals surface area (Å²) in [6, 6.07) is 0. The van der Waals surface area contributed by atoms with Gasteiger partial charge < -0.3 is 0 Å². The molecule has 0 unspecified atom stereocenters. The predicted molar refractivity (Wildman–Crippen MR) is 58.4 cm³/mol. The summed E-state index contributed by atoms with van der Waals surface area (Å²) in [6.45, 7) is 0. The molecule has 0 saturated carbocycles. The highest BCUT2D eigenvalue weighted by molar-refractivity contribution is 7.90. The molecule has 30 heavy (non-hydrogen) atoms. The van der Waals surface area contributed by atoms with Gasteiger partial charge in [-0.05, 0) is 7.05 Å². The van der Waals surface area contributed by atoms with E-state index in [1.54, 1.807) is 0 Å². The Labute approximate surface area is 153 Å². The number of hydrogen-bond acceptors (Lipinski definition) is 2. The molecule has 1 N–H and O–H groups in total. The van der Waals surface area contributed by atoms with Crippen molar-refractivity contribution < 1.29 is 83.1 Å². The van der Waals surface area contributed by atoms with E-state index in [0.29, 0.717) is 0 Å². The lowest BCUT2D eigenvalue weighted by molar-refractivity contribution is -0.493. The first-order valence-electron chi connectivity index (χ1n) is 6.20. The lowest BCUT2D eigenvalue weighted by Crippen LogP contribution is -2.81. The summed E-state index contributed by atoms with van der Waals surface area (Å²) in [6.07, 6.45) is -34.2. The second-order valence-electron chi connectivity index (χ2n) is 5.20. The first-order chi connectivity index (χ1) is 12.6. The number of hydrogen-bond donors (Lipinski definition) is 1. The monoisotopic (exact) mass is 513 g/mol. The molecule has 21 heteroatoms. The third-order valence-electron chi connectivity index (χ3n) is 3.58. The fraction of sp³-hybridized carbons (Fsp3) is 1.00. The van der Waals surface area contributed by atoms with Crippen molar-refractivity contribution >= 4 is 10.0 Å². The average molecular weight is 513 g/mol. The van der Waals surface area contributed by atoms with E-state index >= 15 is 0 Å². The number of nitrogens with one attached hydrogen (secondary N) is 1. The Bertz CT molecular complexity index is 711. The Hall–Kier alpha value is -1.28. The minimum Gasteiger partial charge on any atom is -0.216 e. The lowest BCUT2D eigenvalue weighted by Gasteiger charge is -2.49. The van der Waals surface area contributed by atoms with Gasteiger partial charge in [-0.3, -0.25) is 0 Å². The zero-order chi connectivity index (χ0) is 25.2. The van der Waals surface area contributed by atoms with E-state index in [0.717, 1.165) is 0 Å². The SMILES string of the molecule is CNS(=O)(=O)C(F)(F)C(C(F)(F)F)(C(F)(F)F)C(F)(F)C(F)(C(F)(F)F)C(F)(F)F. The van der Waals surface area contributed by atoms with E-state index in [4.69, 9.17) is 0 Å². The van der Waals surface area contributed by atoms with Crippen molar-refractivity contribution in [1.82, 2.24) is 4.72 Å². The normalized spacial score (nSPS) is 16.7. The quantitative estimate of drug-likeness (QED) is 0.542. The van der Waals surface area contributed by atoms with E-state index in [9.17, 15) is 83.1 Å². The Balaban J connectivity index is 8.20. The largest absolute Gasteiger partial charge is 0.437 e. The standard InChI is InChI=1S/C9H4F17NO2S/c1-27-30(28,29)9(25,26)2(5(13,14)15,6(16,17)18)4(11,12)3(10,7(19,20)21)8(22,23)24/h27H,1H3. The molecule has 0 aromatic rings. The molecule has 182 valence electrons. The number of halogens is 17. The van der Waals surface area contributed by atoms with Crippen molar-refractivity contribution in [2.75, 3.05) is 7.05 Å². The molecule has 0 atom stereocenters. The predicted octanol–water partition coefficient (Wildman–Crippen LogP) is 4.71. The van der Waals surface area contributed by atoms with Crippen LogP contribution in [0.4, 0.5) is 74.6 Å². The summed E-state index contributed by atoms with van der Waals surface area (Å²) in [4.78, 5) is 0. The van der Waals surface area contributed by atoms with Crippen LogP contribution in [0.1, 0.15) is 0 Å². The van der Waals surface area contributed by atoms with E-state index in [2.05, 4.69) is 0 Å². The lowest BCUT2D eigenvalue weighted by atomic mass is 9.71. The summed E-state index contributed by atoms with van der Waals surface area (Å²) < 4.78 is 243. The zero-order valence-electron chi connectivity index (χ0n) is 13.2. The van der Waals surface area contributed by atoms with Crippen LogP contribution in [0.25, 0.3) is 0 Å². The van der Waals surface area contributed by atoms with Gasteiger partial charge in [0, 0.05) is 0 Å². The molecular weight excluding hydrogens is 509 g/mol. The minimum atomic E-state index is -9.29. The fourth-order valence-electron chi connectivity index (χ4n) is 2.13. The Kier molecular flexibility index (Phi) is 6.57. The van der Waals surface area contributed by atoms with Crippen LogP contribution in [-0.4, -0.2) is 57.0 Å². The zero-order valence-corrected chi connectivity index (χ0v) is 14.0. The van der Waals surface area contributed by atoms with Gasteiger partial charge in [0.2, 0.25) is 0 Å². The molecule has 0 aromatic carbocycles. The molecule has 3 nitrogen and oxygen atoms in total. The van der Waals surface area contributed by atoms with Crippen LogP contribution in [0, 0.1) is 5.41 Å². The van der Waals surface area contributed by atoms with Crippen LogP contribution in [0.3, 0.4) is 0 Å². The van der Waals surface area contributed by atoms with E-state index < -0.39 is 64.0 Å². The highest BCUT2D eigenvalue weighted by Gasteiger charge is 3.03. The second-order valence-corrected chi connectivity index (χ2v) is 7.13. The summed E-state index contributed by atoms with van der Waals surface area (Å²) in [5.74, 6) is -9.29. The first-order valence-corrected chi connectivity index (χ1v) is 7.69. The highest BCUT2D eigenvalue weighted by Crippen LogP contribution is 2.73. The van der Waals surface area contributed by atoms with Crippen molar-refractivity contribution in [2.24, 2.45) is 5.41 Å². The third-order valence-corrected chi connectivity index (χ3v) is 5.10. The summed E-state index contributed by atoms with van der Waals surface area (Å²) in [5, 5.41) is -8.28. The molecule has 0 aromatic heterocycles. The molecule has 0 radical (unpaired) electrons. The van der Waals surface area contributed by atoms with Gasteiger partial charge in [0.25, 0.3) is 10.0 Å². The first kappa shape index (κ1) is 28.7. The number of alkyl halides is 17. The molecule has 0 aliphatic rings. The van der Waals surface area contributed by atoms with Crippen molar-refractivity contribution in [3.8, 4) is 0 Å². The van der Waals surface area contributed by atoms with Crippen molar-refractivity contribution in [3.63, 3.8) is 0 Å². The van der Waals surface area contributed by atoms with Gasteiger partial charge in [-0.25, -0.2) is 26.3 Å². The molecule has 0 spiro atoms.